The van der Waals surface area contributed by atoms with Gasteiger partial charge in [0.1, 0.15) is 5.82 Å². The predicted molar refractivity (Wildman–Crippen MR) is 70.6 cm³/mol. The van der Waals surface area contributed by atoms with E-state index in [1.54, 1.807) is 32.9 Å². The first-order valence-electron chi connectivity index (χ1n) is 5.89. The number of halogens is 1. The van der Waals surface area contributed by atoms with Crippen molar-refractivity contribution >= 4 is 13.5 Å². The SMILES string of the molecule is CCOP(=O)(OCC)ON=C(C)c1ccc(F)cc1. The maximum absolute atomic E-state index is 12.8. The Morgan fingerprint density at radius 1 is 1.21 bits per heavy atom. The maximum atomic E-state index is 12.8. The van der Waals surface area contributed by atoms with Crippen LogP contribution < -0.4 is 0 Å². The van der Waals surface area contributed by atoms with E-state index < -0.39 is 7.82 Å². The fourth-order valence-corrected chi connectivity index (χ4v) is 2.28. The molecule has 0 aromatic heterocycles. The van der Waals surface area contributed by atoms with E-state index in [0.29, 0.717) is 11.3 Å². The Morgan fingerprint density at radius 2 is 1.74 bits per heavy atom. The molecule has 0 N–H and O–H groups in total. The van der Waals surface area contributed by atoms with Gasteiger partial charge in [0.15, 0.2) is 0 Å². The second-order valence-corrected chi connectivity index (χ2v) is 5.12. The smallest absolute Gasteiger partial charge is 0.292 e. The summed E-state index contributed by atoms with van der Waals surface area (Å²) in [4.78, 5) is 0. The van der Waals surface area contributed by atoms with Crippen LogP contribution >= 0.6 is 7.82 Å². The van der Waals surface area contributed by atoms with Crippen LogP contribution in [0, 0.1) is 5.82 Å². The quantitative estimate of drug-likeness (QED) is 0.436. The summed E-state index contributed by atoms with van der Waals surface area (Å²) in [5.41, 5.74) is 1.10. The molecular weight excluding hydrogens is 272 g/mol. The lowest BCUT2D eigenvalue weighted by Gasteiger charge is -2.13. The van der Waals surface area contributed by atoms with Crippen LogP contribution in [0.3, 0.4) is 0 Å². The summed E-state index contributed by atoms with van der Waals surface area (Å²) in [6, 6.07) is 5.70. The molecule has 0 atom stereocenters. The largest absolute Gasteiger partial charge is 0.550 e. The zero-order valence-electron chi connectivity index (χ0n) is 11.1. The molecule has 106 valence electrons. The Hall–Kier alpha value is -1.23. The van der Waals surface area contributed by atoms with Gasteiger partial charge in [-0.3, -0.25) is 13.7 Å². The van der Waals surface area contributed by atoms with Crippen molar-refractivity contribution in [3.05, 3.63) is 35.6 Å². The Bertz CT molecular complexity index is 465. The Kier molecular flexibility index (Phi) is 6.15. The van der Waals surface area contributed by atoms with Gasteiger partial charge in [0.2, 0.25) is 0 Å². The van der Waals surface area contributed by atoms with Gasteiger partial charge in [-0.1, -0.05) is 17.3 Å². The first-order valence-corrected chi connectivity index (χ1v) is 7.35. The van der Waals surface area contributed by atoms with Crippen molar-refractivity contribution in [2.24, 2.45) is 5.16 Å². The maximum Gasteiger partial charge on any atom is 0.550 e. The summed E-state index contributed by atoms with van der Waals surface area (Å²) in [5, 5.41) is 3.71. The lowest BCUT2D eigenvalue weighted by atomic mass is 10.1. The molecule has 1 rings (SSSR count). The minimum absolute atomic E-state index is 0.183. The van der Waals surface area contributed by atoms with Crippen LogP contribution in [-0.2, 0) is 18.2 Å². The molecule has 19 heavy (non-hydrogen) atoms. The van der Waals surface area contributed by atoms with Gasteiger partial charge in [0, 0.05) is 0 Å². The van der Waals surface area contributed by atoms with Crippen molar-refractivity contribution in [2.45, 2.75) is 20.8 Å². The molecule has 0 fully saturated rings. The first kappa shape index (κ1) is 15.8. The summed E-state index contributed by atoms with van der Waals surface area (Å²) < 4.78 is 39.4. The van der Waals surface area contributed by atoms with Crippen molar-refractivity contribution in [1.29, 1.82) is 0 Å². The number of phosphoric ester groups is 1. The van der Waals surface area contributed by atoms with Gasteiger partial charge in [-0.2, -0.15) is 0 Å². The summed E-state index contributed by atoms with van der Waals surface area (Å²) in [7, 11) is -3.66. The fraction of sp³-hybridized carbons (Fsp3) is 0.417. The highest BCUT2D eigenvalue weighted by Crippen LogP contribution is 2.49. The minimum atomic E-state index is -3.66. The zero-order valence-corrected chi connectivity index (χ0v) is 12.0. The van der Waals surface area contributed by atoms with Crippen LogP contribution in [0.5, 0.6) is 0 Å². The third kappa shape index (κ3) is 5.11. The van der Waals surface area contributed by atoms with E-state index in [4.69, 9.17) is 13.7 Å². The molecule has 0 radical (unpaired) electrons. The van der Waals surface area contributed by atoms with Gasteiger partial charge in [0.05, 0.1) is 18.9 Å². The van der Waals surface area contributed by atoms with Crippen LogP contribution in [0.15, 0.2) is 29.4 Å². The van der Waals surface area contributed by atoms with Gasteiger partial charge in [-0.15, -0.1) is 0 Å². The van der Waals surface area contributed by atoms with E-state index in [2.05, 4.69) is 5.16 Å². The van der Waals surface area contributed by atoms with Crippen molar-refractivity contribution in [1.82, 2.24) is 0 Å². The lowest BCUT2D eigenvalue weighted by Crippen LogP contribution is -2.00. The number of rotatable bonds is 7. The Labute approximate surface area is 112 Å². The summed E-state index contributed by atoms with van der Waals surface area (Å²) in [6.07, 6.45) is 0. The van der Waals surface area contributed by atoms with Crippen LogP contribution in [0.2, 0.25) is 0 Å². The van der Waals surface area contributed by atoms with Crippen molar-refractivity contribution in [3.8, 4) is 0 Å². The molecule has 0 unspecified atom stereocenters. The van der Waals surface area contributed by atoms with Gasteiger partial charge >= 0.3 is 7.82 Å². The number of nitrogens with zero attached hydrogens (tertiary/aromatic N) is 1. The second-order valence-electron chi connectivity index (χ2n) is 3.55. The molecule has 5 nitrogen and oxygen atoms in total. The van der Waals surface area contributed by atoms with Crippen LogP contribution in [0.1, 0.15) is 26.3 Å². The summed E-state index contributed by atoms with van der Waals surface area (Å²) in [6.45, 7) is 5.36. The topological polar surface area (TPSA) is 57.1 Å². The highest BCUT2D eigenvalue weighted by atomic mass is 31.2. The van der Waals surface area contributed by atoms with Crippen molar-refractivity contribution < 1.29 is 22.6 Å². The monoisotopic (exact) mass is 289 g/mol. The molecule has 0 spiro atoms. The fourth-order valence-electron chi connectivity index (χ4n) is 1.26. The molecule has 0 saturated heterocycles. The molecule has 1 aromatic carbocycles. The number of hydrogen-bond donors (Lipinski definition) is 0. The lowest BCUT2D eigenvalue weighted by molar-refractivity contribution is 0.125. The van der Waals surface area contributed by atoms with E-state index in [1.807, 2.05) is 0 Å². The Morgan fingerprint density at radius 3 is 2.21 bits per heavy atom. The third-order valence-corrected chi connectivity index (χ3v) is 3.54. The molecule has 0 bridgehead atoms. The van der Waals surface area contributed by atoms with E-state index in [0.717, 1.165) is 0 Å². The average molecular weight is 289 g/mol. The predicted octanol–water partition coefficient (Wildman–Crippen LogP) is 3.75. The van der Waals surface area contributed by atoms with E-state index >= 15 is 0 Å². The summed E-state index contributed by atoms with van der Waals surface area (Å²) >= 11 is 0. The second kappa shape index (κ2) is 7.38. The number of hydrogen-bond acceptors (Lipinski definition) is 5. The zero-order chi connectivity index (χ0) is 14.3. The van der Waals surface area contributed by atoms with Crippen LogP contribution in [-0.4, -0.2) is 18.9 Å². The third-order valence-electron chi connectivity index (χ3n) is 2.11. The van der Waals surface area contributed by atoms with E-state index in [1.165, 1.54) is 12.1 Å². The normalized spacial score (nSPS) is 12.5. The van der Waals surface area contributed by atoms with E-state index in [9.17, 15) is 8.96 Å². The molecule has 7 heteroatoms. The minimum Gasteiger partial charge on any atom is -0.292 e. The average Bonchev–Trinajstić information content (AvgIpc) is 2.37. The van der Waals surface area contributed by atoms with Crippen molar-refractivity contribution in [3.63, 3.8) is 0 Å². The van der Waals surface area contributed by atoms with Gasteiger partial charge in [-0.25, -0.2) is 8.96 Å². The van der Waals surface area contributed by atoms with Crippen LogP contribution in [0.4, 0.5) is 4.39 Å². The summed E-state index contributed by atoms with van der Waals surface area (Å²) in [5.74, 6) is -0.341. The first-order chi connectivity index (χ1) is 9.00. The molecule has 1 aromatic rings. The molecule has 0 amide bonds. The molecule has 0 aliphatic carbocycles. The molecule has 0 heterocycles. The Balaban J connectivity index is 2.78. The number of benzene rings is 1. The van der Waals surface area contributed by atoms with Crippen LogP contribution in [0.25, 0.3) is 0 Å². The molecular formula is C12H17FNO4P. The van der Waals surface area contributed by atoms with E-state index in [-0.39, 0.29) is 19.0 Å². The van der Waals surface area contributed by atoms with Gasteiger partial charge < -0.3 is 0 Å². The molecule has 0 aliphatic heterocycles. The molecule has 0 aliphatic rings. The highest BCUT2D eigenvalue weighted by molar-refractivity contribution is 7.48. The van der Waals surface area contributed by atoms with Gasteiger partial charge in [0.25, 0.3) is 0 Å². The number of phosphoric acid groups is 1. The number of oxime groups is 1. The molecule has 0 saturated carbocycles. The standard InChI is InChI=1S/C12H17FNO4P/c1-4-16-19(15,17-5-2)18-14-10(3)11-6-8-12(13)9-7-11/h6-9H,4-5H2,1-3H3. The van der Waals surface area contributed by atoms with Gasteiger partial charge in [-0.05, 0) is 38.5 Å². The highest BCUT2D eigenvalue weighted by Gasteiger charge is 2.27. The van der Waals surface area contributed by atoms with Crippen molar-refractivity contribution in [2.75, 3.05) is 13.2 Å².